The van der Waals surface area contributed by atoms with E-state index in [1.54, 1.807) is 18.2 Å². The number of halogens is 4. The van der Waals surface area contributed by atoms with Crippen LogP contribution in [-0.4, -0.2) is 4.92 Å². The normalized spacial score (nSPS) is 11.2. The summed E-state index contributed by atoms with van der Waals surface area (Å²) in [6.45, 7) is 0. The molecule has 0 radical (unpaired) electrons. The molecular weight excluding hydrogens is 400 g/mol. The lowest BCUT2D eigenvalue weighted by Crippen LogP contribution is -2.06. The summed E-state index contributed by atoms with van der Waals surface area (Å²) in [5.74, 6) is 0. The lowest BCUT2D eigenvalue weighted by Gasteiger charge is -2.10. The van der Waals surface area contributed by atoms with Gasteiger partial charge in [0, 0.05) is 15.3 Å². The Morgan fingerprint density at radius 1 is 1.14 bits per heavy atom. The molecule has 0 aliphatic heterocycles. The van der Waals surface area contributed by atoms with Gasteiger partial charge < -0.3 is 5.32 Å². The SMILES string of the molecule is O=[N+]([O-])c1cc(C(F)(F)F)ccc1Nc1cccc(I)c1. The average molecular weight is 408 g/mol. The van der Waals surface area contributed by atoms with E-state index in [-0.39, 0.29) is 5.69 Å². The fourth-order valence-corrected chi connectivity index (χ4v) is 2.23. The Morgan fingerprint density at radius 3 is 2.43 bits per heavy atom. The van der Waals surface area contributed by atoms with Crippen LogP contribution < -0.4 is 5.32 Å². The highest BCUT2D eigenvalue weighted by Gasteiger charge is 2.33. The van der Waals surface area contributed by atoms with E-state index in [1.165, 1.54) is 0 Å². The number of nitrogens with one attached hydrogen (secondary N) is 1. The van der Waals surface area contributed by atoms with Crippen molar-refractivity contribution in [1.29, 1.82) is 0 Å². The van der Waals surface area contributed by atoms with Crippen LogP contribution in [0.3, 0.4) is 0 Å². The van der Waals surface area contributed by atoms with Gasteiger partial charge in [-0.25, -0.2) is 0 Å². The van der Waals surface area contributed by atoms with Crippen molar-refractivity contribution in [3.05, 3.63) is 61.7 Å². The van der Waals surface area contributed by atoms with Crippen molar-refractivity contribution in [3.8, 4) is 0 Å². The monoisotopic (exact) mass is 408 g/mol. The van der Waals surface area contributed by atoms with Crippen molar-refractivity contribution in [2.45, 2.75) is 6.18 Å². The lowest BCUT2D eigenvalue weighted by molar-refractivity contribution is -0.384. The summed E-state index contributed by atoms with van der Waals surface area (Å²) < 4.78 is 38.7. The number of hydrogen-bond acceptors (Lipinski definition) is 3. The highest BCUT2D eigenvalue weighted by molar-refractivity contribution is 14.1. The number of alkyl halides is 3. The van der Waals surface area contributed by atoms with Crippen LogP contribution in [0.1, 0.15) is 5.56 Å². The van der Waals surface area contributed by atoms with Crippen LogP contribution in [0.4, 0.5) is 30.2 Å². The fraction of sp³-hybridized carbons (Fsp3) is 0.0769. The highest BCUT2D eigenvalue weighted by Crippen LogP contribution is 2.36. The van der Waals surface area contributed by atoms with Gasteiger partial charge in [-0.05, 0) is 52.9 Å². The summed E-state index contributed by atoms with van der Waals surface area (Å²) in [6.07, 6.45) is -4.62. The van der Waals surface area contributed by atoms with E-state index in [1.807, 2.05) is 6.07 Å². The zero-order chi connectivity index (χ0) is 15.6. The van der Waals surface area contributed by atoms with E-state index in [0.29, 0.717) is 11.8 Å². The van der Waals surface area contributed by atoms with Crippen molar-refractivity contribution in [3.63, 3.8) is 0 Å². The summed E-state index contributed by atoms with van der Waals surface area (Å²) in [5.41, 5.74) is -1.11. The third-order valence-electron chi connectivity index (χ3n) is 2.63. The molecule has 0 saturated carbocycles. The molecule has 0 aliphatic rings. The molecule has 0 unspecified atom stereocenters. The third kappa shape index (κ3) is 3.84. The van der Waals surface area contributed by atoms with E-state index in [2.05, 4.69) is 27.9 Å². The van der Waals surface area contributed by atoms with E-state index in [4.69, 9.17) is 0 Å². The first-order valence-corrected chi connectivity index (χ1v) is 6.73. The molecular formula is C13H8F3IN2O2. The molecule has 0 saturated heterocycles. The molecule has 0 bridgehead atoms. The van der Waals surface area contributed by atoms with Crippen LogP contribution in [0.5, 0.6) is 0 Å². The maximum Gasteiger partial charge on any atom is 0.416 e. The lowest BCUT2D eigenvalue weighted by atomic mass is 10.1. The van der Waals surface area contributed by atoms with Gasteiger partial charge >= 0.3 is 6.18 Å². The van der Waals surface area contributed by atoms with Crippen LogP contribution in [-0.2, 0) is 6.18 Å². The largest absolute Gasteiger partial charge is 0.416 e. The molecule has 4 nitrogen and oxygen atoms in total. The quantitative estimate of drug-likeness (QED) is 0.444. The fourth-order valence-electron chi connectivity index (χ4n) is 1.69. The average Bonchev–Trinajstić information content (AvgIpc) is 2.37. The summed E-state index contributed by atoms with van der Waals surface area (Å²) in [5, 5.41) is 13.7. The molecule has 2 aromatic carbocycles. The standard InChI is InChI=1S/C13H8F3IN2O2/c14-13(15,16)8-4-5-11(12(6-8)19(20)21)18-10-3-1-2-9(17)7-10/h1-7,18H. The predicted octanol–water partition coefficient (Wildman–Crippen LogP) is 4.96. The molecule has 0 amide bonds. The molecule has 0 spiro atoms. The maximum absolute atomic E-state index is 12.6. The minimum absolute atomic E-state index is 0.00926. The molecule has 1 N–H and O–H groups in total. The topological polar surface area (TPSA) is 55.2 Å². The van der Waals surface area contributed by atoms with Crippen molar-refractivity contribution in [2.75, 3.05) is 5.32 Å². The van der Waals surface area contributed by atoms with Gasteiger partial charge in [-0.3, -0.25) is 10.1 Å². The number of nitro benzene ring substituents is 1. The summed E-state index contributed by atoms with van der Waals surface area (Å²) in [6, 6.07) is 9.35. The van der Waals surface area contributed by atoms with Crippen molar-refractivity contribution in [1.82, 2.24) is 0 Å². The molecule has 0 aromatic heterocycles. The molecule has 0 fully saturated rings. The molecule has 2 rings (SSSR count). The van der Waals surface area contributed by atoms with Crippen LogP contribution in [0, 0.1) is 13.7 Å². The third-order valence-corrected chi connectivity index (χ3v) is 3.30. The first-order chi connectivity index (χ1) is 9.77. The Bertz CT molecular complexity index is 689. The number of benzene rings is 2. The van der Waals surface area contributed by atoms with Gasteiger partial charge in [-0.1, -0.05) is 6.07 Å². The van der Waals surface area contributed by atoms with Gasteiger partial charge in [0.1, 0.15) is 5.69 Å². The Morgan fingerprint density at radius 2 is 1.86 bits per heavy atom. The molecule has 0 aliphatic carbocycles. The Labute approximate surface area is 131 Å². The second kappa shape index (κ2) is 5.88. The zero-order valence-corrected chi connectivity index (χ0v) is 12.5. The maximum atomic E-state index is 12.6. The molecule has 21 heavy (non-hydrogen) atoms. The first kappa shape index (κ1) is 15.5. The second-order valence-electron chi connectivity index (χ2n) is 4.12. The predicted molar refractivity (Wildman–Crippen MR) is 80.5 cm³/mol. The Hall–Kier alpha value is -1.84. The zero-order valence-electron chi connectivity index (χ0n) is 10.3. The van der Waals surface area contributed by atoms with E-state index in [9.17, 15) is 23.3 Å². The second-order valence-corrected chi connectivity index (χ2v) is 5.37. The number of anilines is 2. The van der Waals surface area contributed by atoms with Crippen molar-refractivity contribution in [2.24, 2.45) is 0 Å². The molecule has 0 heterocycles. The van der Waals surface area contributed by atoms with E-state index >= 15 is 0 Å². The van der Waals surface area contributed by atoms with Crippen LogP contribution in [0.25, 0.3) is 0 Å². The minimum atomic E-state index is -4.62. The summed E-state index contributed by atoms with van der Waals surface area (Å²) in [4.78, 5) is 10.1. The highest BCUT2D eigenvalue weighted by atomic mass is 127. The molecule has 110 valence electrons. The van der Waals surface area contributed by atoms with Gasteiger partial charge in [-0.15, -0.1) is 0 Å². The minimum Gasteiger partial charge on any atom is -0.350 e. The van der Waals surface area contributed by atoms with Crippen LogP contribution in [0.15, 0.2) is 42.5 Å². The van der Waals surface area contributed by atoms with Gasteiger partial charge in [0.2, 0.25) is 0 Å². The first-order valence-electron chi connectivity index (χ1n) is 5.65. The summed E-state index contributed by atoms with van der Waals surface area (Å²) in [7, 11) is 0. The van der Waals surface area contributed by atoms with Crippen LogP contribution in [0.2, 0.25) is 0 Å². The number of rotatable bonds is 3. The smallest absolute Gasteiger partial charge is 0.350 e. The van der Waals surface area contributed by atoms with Gasteiger partial charge in [-0.2, -0.15) is 13.2 Å². The molecule has 2 aromatic rings. The van der Waals surface area contributed by atoms with Crippen molar-refractivity contribution < 1.29 is 18.1 Å². The van der Waals surface area contributed by atoms with Gasteiger partial charge in [0.05, 0.1) is 10.5 Å². The summed E-state index contributed by atoms with van der Waals surface area (Å²) >= 11 is 2.06. The Kier molecular flexibility index (Phi) is 4.35. The van der Waals surface area contributed by atoms with E-state index < -0.39 is 22.4 Å². The molecule has 8 heteroatoms. The van der Waals surface area contributed by atoms with E-state index in [0.717, 1.165) is 15.7 Å². The Balaban J connectivity index is 2.42. The van der Waals surface area contributed by atoms with Crippen LogP contribution >= 0.6 is 22.6 Å². The van der Waals surface area contributed by atoms with Gasteiger partial charge in [0.15, 0.2) is 0 Å². The number of nitro groups is 1. The number of nitrogens with zero attached hydrogens (tertiary/aromatic N) is 1. The number of hydrogen-bond donors (Lipinski definition) is 1. The van der Waals surface area contributed by atoms with Crippen molar-refractivity contribution >= 4 is 39.7 Å². The molecule has 0 atom stereocenters. The van der Waals surface area contributed by atoms with Gasteiger partial charge in [0.25, 0.3) is 5.69 Å².